The van der Waals surface area contributed by atoms with Crippen LogP contribution in [0.2, 0.25) is 0 Å². The minimum absolute atomic E-state index is 0.232. The summed E-state index contributed by atoms with van der Waals surface area (Å²) in [5, 5.41) is 6.09. The van der Waals surface area contributed by atoms with Crippen molar-refractivity contribution in [2.75, 3.05) is 29.7 Å². The largest absolute Gasteiger partial charge is 0.469 e. The molecular weight excluding hydrogens is 499 g/mol. The molecule has 3 aromatic carbocycles. The summed E-state index contributed by atoms with van der Waals surface area (Å²) in [6.45, 7) is 3.30. The first-order valence-electron chi connectivity index (χ1n) is 12.4. The molecule has 4 N–H and O–H groups in total. The number of nitrogens with zero attached hydrogens (tertiary/aromatic N) is 1. The number of nitrogens with one attached hydrogen (secondary N) is 2. The molecule has 9 heteroatoms. The molecule has 39 heavy (non-hydrogen) atoms. The number of aryl methyl sites for hydroxylation is 1. The molecule has 1 aliphatic rings. The molecule has 3 aromatic rings. The Labute approximate surface area is 226 Å². The summed E-state index contributed by atoms with van der Waals surface area (Å²) in [7, 11) is 3.01. The predicted octanol–water partition coefficient (Wildman–Crippen LogP) is 4.56. The van der Waals surface area contributed by atoms with Crippen molar-refractivity contribution in [2.45, 2.75) is 32.2 Å². The van der Waals surface area contributed by atoms with Crippen LogP contribution in [0.25, 0.3) is 11.3 Å². The minimum atomic E-state index is -1.02. The quantitative estimate of drug-likeness (QED) is 0.291. The molecule has 0 aliphatic carbocycles. The van der Waals surface area contributed by atoms with Gasteiger partial charge in [-0.25, -0.2) is 4.39 Å². The summed E-state index contributed by atoms with van der Waals surface area (Å²) in [4.78, 5) is 38.7. The third-order valence-corrected chi connectivity index (χ3v) is 6.44. The lowest BCUT2D eigenvalue weighted by Crippen LogP contribution is -2.49. The van der Waals surface area contributed by atoms with Gasteiger partial charge in [0.2, 0.25) is 5.91 Å². The number of amides is 2. The van der Waals surface area contributed by atoms with Gasteiger partial charge in [0.1, 0.15) is 5.82 Å². The summed E-state index contributed by atoms with van der Waals surface area (Å²) >= 11 is 0. The summed E-state index contributed by atoms with van der Waals surface area (Å²) in [6.07, 6.45) is 0.774. The van der Waals surface area contributed by atoms with Gasteiger partial charge in [0.25, 0.3) is 5.91 Å². The van der Waals surface area contributed by atoms with E-state index in [-0.39, 0.29) is 24.2 Å². The number of esters is 1. The third-order valence-electron chi connectivity index (χ3n) is 6.44. The number of ether oxygens (including phenoxy) is 1. The SMILES string of the molecule is COC(=O)CCc1ccc(/C(Nc2ccc(N(C)C(=O)C(C)(C)N)cc2)=C2/C(=O)Nc3cc(F)ccc32)cc1. The first-order valence-corrected chi connectivity index (χ1v) is 12.4. The van der Waals surface area contributed by atoms with E-state index in [1.54, 1.807) is 51.2 Å². The molecule has 8 nitrogen and oxygen atoms in total. The van der Waals surface area contributed by atoms with Gasteiger partial charge in [-0.2, -0.15) is 0 Å². The molecule has 0 fully saturated rings. The number of hydrogen-bond donors (Lipinski definition) is 3. The molecule has 2 amide bonds. The highest BCUT2D eigenvalue weighted by Crippen LogP contribution is 2.38. The van der Waals surface area contributed by atoms with E-state index in [0.717, 1.165) is 11.1 Å². The van der Waals surface area contributed by atoms with Gasteiger partial charge >= 0.3 is 5.97 Å². The van der Waals surface area contributed by atoms with Crippen molar-refractivity contribution in [1.82, 2.24) is 0 Å². The Bertz CT molecular complexity index is 1440. The predicted molar refractivity (Wildman–Crippen MR) is 150 cm³/mol. The van der Waals surface area contributed by atoms with Gasteiger partial charge in [-0.1, -0.05) is 24.3 Å². The second-order valence-corrected chi connectivity index (χ2v) is 9.92. The number of nitrogens with two attached hydrogens (primary N) is 1. The van der Waals surface area contributed by atoms with Crippen LogP contribution in [-0.2, 0) is 25.5 Å². The molecule has 0 atom stereocenters. The van der Waals surface area contributed by atoms with E-state index in [0.29, 0.717) is 40.3 Å². The molecule has 0 unspecified atom stereocenters. The van der Waals surface area contributed by atoms with E-state index in [9.17, 15) is 18.8 Å². The number of carbonyl (C=O) groups excluding carboxylic acids is 3. The maximum Gasteiger partial charge on any atom is 0.305 e. The molecule has 202 valence electrons. The first-order chi connectivity index (χ1) is 18.5. The zero-order valence-corrected chi connectivity index (χ0v) is 22.3. The Hall–Kier alpha value is -4.50. The fourth-order valence-electron chi connectivity index (χ4n) is 4.32. The molecule has 0 bridgehead atoms. The average molecular weight is 531 g/mol. The third kappa shape index (κ3) is 6.15. The zero-order chi connectivity index (χ0) is 28.3. The highest BCUT2D eigenvalue weighted by atomic mass is 19.1. The smallest absolute Gasteiger partial charge is 0.305 e. The molecule has 0 saturated carbocycles. The van der Waals surface area contributed by atoms with Crippen molar-refractivity contribution in [3.05, 3.63) is 89.2 Å². The fraction of sp³-hybridized carbons (Fsp3) is 0.233. The molecule has 0 spiro atoms. The van der Waals surface area contributed by atoms with E-state index in [1.807, 2.05) is 24.3 Å². The van der Waals surface area contributed by atoms with Crippen LogP contribution in [0.5, 0.6) is 0 Å². The minimum Gasteiger partial charge on any atom is -0.469 e. The summed E-state index contributed by atoms with van der Waals surface area (Å²) < 4.78 is 18.6. The number of benzene rings is 3. The number of hydrogen-bond acceptors (Lipinski definition) is 6. The van der Waals surface area contributed by atoms with Gasteiger partial charge in [0.05, 0.1) is 29.6 Å². The fourth-order valence-corrected chi connectivity index (χ4v) is 4.32. The molecular formula is C30H31FN4O4. The van der Waals surface area contributed by atoms with Crippen molar-refractivity contribution in [1.29, 1.82) is 0 Å². The van der Waals surface area contributed by atoms with Crippen LogP contribution in [-0.4, -0.2) is 37.5 Å². The first kappa shape index (κ1) is 27.5. The van der Waals surface area contributed by atoms with Crippen molar-refractivity contribution < 1.29 is 23.5 Å². The van der Waals surface area contributed by atoms with Crippen molar-refractivity contribution >= 4 is 46.1 Å². The van der Waals surface area contributed by atoms with E-state index in [1.165, 1.54) is 24.1 Å². The highest BCUT2D eigenvalue weighted by molar-refractivity contribution is 6.37. The lowest BCUT2D eigenvalue weighted by Gasteiger charge is -2.26. The molecule has 0 saturated heterocycles. The van der Waals surface area contributed by atoms with Crippen molar-refractivity contribution in [3.8, 4) is 0 Å². The number of methoxy groups -OCH3 is 1. The van der Waals surface area contributed by atoms with Gasteiger partial charge in [0, 0.05) is 30.4 Å². The van der Waals surface area contributed by atoms with Gasteiger partial charge in [-0.15, -0.1) is 0 Å². The van der Waals surface area contributed by atoms with Gasteiger partial charge in [-0.3, -0.25) is 14.4 Å². The standard InChI is InChI=1S/C30H31FN4O4/c1-30(2,32)29(38)35(3)22-13-11-21(12-14-22)33-27(19-8-5-18(6-9-19)7-16-25(36)39-4)26-23-15-10-20(31)17-24(23)34-28(26)37/h5-6,8-15,17,33H,7,16,32H2,1-4H3,(H,34,37)/b27-26-. The number of rotatable bonds is 8. The van der Waals surface area contributed by atoms with Gasteiger partial charge in [-0.05, 0) is 73.9 Å². The summed E-state index contributed by atoms with van der Waals surface area (Å²) in [5.74, 6) is -1.33. The van der Waals surface area contributed by atoms with E-state index < -0.39 is 11.4 Å². The second kappa shape index (κ2) is 11.1. The van der Waals surface area contributed by atoms with Crippen molar-refractivity contribution in [3.63, 3.8) is 0 Å². The van der Waals surface area contributed by atoms with Crippen LogP contribution in [0.1, 0.15) is 37.0 Å². The average Bonchev–Trinajstić information content (AvgIpc) is 3.24. The Morgan fingerprint density at radius 3 is 2.33 bits per heavy atom. The Morgan fingerprint density at radius 2 is 1.72 bits per heavy atom. The van der Waals surface area contributed by atoms with E-state index in [2.05, 4.69) is 10.6 Å². The number of fused-ring (bicyclic) bond motifs is 1. The normalized spacial score (nSPS) is 13.8. The maximum absolute atomic E-state index is 13.9. The molecule has 4 rings (SSSR count). The number of likely N-dealkylation sites (N-methyl/N-ethyl adjacent to an activating group) is 1. The summed E-state index contributed by atoms with van der Waals surface area (Å²) in [5.41, 5.74) is 9.80. The number of halogens is 1. The molecule has 0 radical (unpaired) electrons. The lowest BCUT2D eigenvalue weighted by atomic mass is 9.98. The molecule has 1 heterocycles. The van der Waals surface area contributed by atoms with Crippen LogP contribution in [0.4, 0.5) is 21.5 Å². The molecule has 1 aliphatic heterocycles. The van der Waals surface area contributed by atoms with Crippen LogP contribution in [0.3, 0.4) is 0 Å². The number of anilines is 3. The Morgan fingerprint density at radius 1 is 1.05 bits per heavy atom. The van der Waals surface area contributed by atoms with Crippen LogP contribution in [0, 0.1) is 5.82 Å². The number of carbonyl (C=O) groups is 3. The van der Waals surface area contributed by atoms with Crippen LogP contribution >= 0.6 is 0 Å². The summed E-state index contributed by atoms with van der Waals surface area (Å²) in [6, 6.07) is 18.8. The Balaban J connectivity index is 1.70. The molecule has 0 aromatic heterocycles. The van der Waals surface area contributed by atoms with Crippen molar-refractivity contribution in [2.24, 2.45) is 5.73 Å². The maximum atomic E-state index is 13.9. The van der Waals surface area contributed by atoms with Gasteiger partial charge in [0.15, 0.2) is 0 Å². The van der Waals surface area contributed by atoms with E-state index in [4.69, 9.17) is 10.5 Å². The van der Waals surface area contributed by atoms with Crippen LogP contribution in [0.15, 0.2) is 66.7 Å². The second-order valence-electron chi connectivity index (χ2n) is 9.92. The van der Waals surface area contributed by atoms with E-state index >= 15 is 0 Å². The lowest BCUT2D eigenvalue weighted by molar-refractivity contribution is -0.140. The van der Waals surface area contributed by atoms with Crippen LogP contribution < -0.4 is 21.3 Å². The monoisotopic (exact) mass is 530 g/mol. The highest BCUT2D eigenvalue weighted by Gasteiger charge is 2.29. The topological polar surface area (TPSA) is 114 Å². The zero-order valence-electron chi connectivity index (χ0n) is 22.3. The van der Waals surface area contributed by atoms with Gasteiger partial charge < -0.3 is 26.0 Å². The Kier molecular flexibility index (Phi) is 7.83.